The molecule has 3 unspecified atom stereocenters. The first-order valence-electron chi connectivity index (χ1n) is 3.64. The maximum absolute atomic E-state index is 10.8. The number of allylic oxidation sites excluding steroid dienone is 2. The molecular weight excluding hydrogens is 176 g/mol. The van der Waals surface area contributed by atoms with Crippen LogP contribution in [0.1, 0.15) is 0 Å². The van der Waals surface area contributed by atoms with Gasteiger partial charge in [0.05, 0.1) is 0 Å². The van der Waals surface area contributed by atoms with Gasteiger partial charge in [-0.3, -0.25) is 4.21 Å². The predicted octanol–water partition coefficient (Wildman–Crippen LogP) is -0.417. The molecule has 68 valence electrons. The summed E-state index contributed by atoms with van der Waals surface area (Å²) in [7, 11) is -0.972. The van der Waals surface area contributed by atoms with Gasteiger partial charge in [-0.05, 0) is 5.57 Å². The zero-order valence-corrected chi connectivity index (χ0v) is 7.62. The molecule has 3 atom stereocenters. The highest BCUT2D eigenvalue weighted by Crippen LogP contribution is 2.14. The van der Waals surface area contributed by atoms with E-state index in [-0.39, 0.29) is 0 Å². The summed E-state index contributed by atoms with van der Waals surface area (Å²) in [5, 5.41) is 18.6. The Kier molecular flexibility index (Phi) is 3.20. The SMILES string of the molecule is CS(=O)CC1=CC=CC(O)C1O. The average molecular weight is 188 g/mol. The van der Waals surface area contributed by atoms with E-state index < -0.39 is 23.0 Å². The summed E-state index contributed by atoms with van der Waals surface area (Å²) >= 11 is 0. The molecule has 0 saturated carbocycles. The lowest BCUT2D eigenvalue weighted by molar-refractivity contribution is 0.0719. The van der Waals surface area contributed by atoms with Crippen molar-refractivity contribution < 1.29 is 14.4 Å². The Morgan fingerprint density at radius 1 is 1.58 bits per heavy atom. The Hall–Kier alpha value is -0.450. The number of hydrogen-bond acceptors (Lipinski definition) is 3. The van der Waals surface area contributed by atoms with Crippen molar-refractivity contribution in [3.63, 3.8) is 0 Å². The van der Waals surface area contributed by atoms with Crippen LogP contribution >= 0.6 is 0 Å². The van der Waals surface area contributed by atoms with E-state index in [4.69, 9.17) is 0 Å². The van der Waals surface area contributed by atoms with Gasteiger partial charge in [-0.1, -0.05) is 18.2 Å². The van der Waals surface area contributed by atoms with Gasteiger partial charge in [-0.15, -0.1) is 0 Å². The molecule has 0 spiro atoms. The van der Waals surface area contributed by atoms with Crippen LogP contribution in [0.4, 0.5) is 0 Å². The van der Waals surface area contributed by atoms with Gasteiger partial charge < -0.3 is 10.2 Å². The van der Waals surface area contributed by atoms with Crippen molar-refractivity contribution in [3.05, 3.63) is 23.8 Å². The number of rotatable bonds is 2. The molecule has 3 nitrogen and oxygen atoms in total. The van der Waals surface area contributed by atoms with Gasteiger partial charge in [0.2, 0.25) is 0 Å². The Labute approximate surface area is 73.9 Å². The minimum absolute atomic E-state index is 0.322. The summed E-state index contributed by atoms with van der Waals surface area (Å²) in [6.45, 7) is 0. The third kappa shape index (κ3) is 2.27. The highest BCUT2D eigenvalue weighted by atomic mass is 32.2. The quantitative estimate of drug-likeness (QED) is 0.619. The second-order valence-electron chi connectivity index (χ2n) is 2.78. The number of aliphatic hydroxyl groups excluding tert-OH is 2. The zero-order chi connectivity index (χ0) is 9.14. The van der Waals surface area contributed by atoms with E-state index in [0.29, 0.717) is 11.3 Å². The highest BCUT2D eigenvalue weighted by Gasteiger charge is 2.20. The van der Waals surface area contributed by atoms with Gasteiger partial charge in [0.1, 0.15) is 12.2 Å². The van der Waals surface area contributed by atoms with Crippen LogP contribution < -0.4 is 0 Å². The van der Waals surface area contributed by atoms with Crippen LogP contribution in [0.2, 0.25) is 0 Å². The standard InChI is InChI=1S/C8H12O3S/c1-12(11)5-6-3-2-4-7(9)8(6)10/h2-4,7-10H,5H2,1H3. The van der Waals surface area contributed by atoms with E-state index in [1.165, 1.54) is 6.08 Å². The molecule has 0 heterocycles. The minimum Gasteiger partial charge on any atom is -0.386 e. The van der Waals surface area contributed by atoms with Crippen LogP contribution in [0.3, 0.4) is 0 Å². The molecule has 0 aromatic heterocycles. The summed E-state index contributed by atoms with van der Waals surface area (Å²) < 4.78 is 10.8. The van der Waals surface area contributed by atoms with Crippen LogP contribution in [0.5, 0.6) is 0 Å². The van der Waals surface area contributed by atoms with E-state index in [0.717, 1.165) is 0 Å². The smallest absolute Gasteiger partial charge is 0.106 e. The largest absolute Gasteiger partial charge is 0.386 e. The van der Waals surface area contributed by atoms with Crippen LogP contribution in [0.15, 0.2) is 23.8 Å². The maximum Gasteiger partial charge on any atom is 0.106 e. The number of hydrogen-bond donors (Lipinski definition) is 2. The van der Waals surface area contributed by atoms with Gasteiger partial charge in [0, 0.05) is 22.8 Å². The molecule has 1 aliphatic carbocycles. The van der Waals surface area contributed by atoms with Crippen molar-refractivity contribution in [2.75, 3.05) is 12.0 Å². The molecule has 0 amide bonds. The van der Waals surface area contributed by atoms with E-state index in [9.17, 15) is 14.4 Å². The molecule has 12 heavy (non-hydrogen) atoms. The molecule has 0 aromatic rings. The van der Waals surface area contributed by atoms with E-state index in [1.54, 1.807) is 18.4 Å². The lowest BCUT2D eigenvalue weighted by atomic mass is 10.0. The van der Waals surface area contributed by atoms with Crippen molar-refractivity contribution in [1.29, 1.82) is 0 Å². The lowest BCUT2D eigenvalue weighted by Crippen LogP contribution is -2.29. The van der Waals surface area contributed by atoms with E-state index in [2.05, 4.69) is 0 Å². The molecule has 1 aliphatic rings. The summed E-state index contributed by atoms with van der Waals surface area (Å²) in [5.74, 6) is 0.322. The van der Waals surface area contributed by atoms with Crippen LogP contribution in [-0.4, -0.2) is 38.6 Å². The maximum atomic E-state index is 10.8. The summed E-state index contributed by atoms with van der Waals surface area (Å²) in [6.07, 6.45) is 4.69. The summed E-state index contributed by atoms with van der Waals surface area (Å²) in [5.41, 5.74) is 0.630. The van der Waals surface area contributed by atoms with E-state index >= 15 is 0 Å². The molecule has 0 fully saturated rings. The summed E-state index contributed by atoms with van der Waals surface area (Å²) in [6, 6.07) is 0. The molecular formula is C8H12O3S. The minimum atomic E-state index is -0.972. The second-order valence-corrected chi connectivity index (χ2v) is 4.21. The predicted molar refractivity (Wildman–Crippen MR) is 48.2 cm³/mol. The number of aliphatic hydroxyl groups is 2. The van der Waals surface area contributed by atoms with Gasteiger partial charge in [-0.25, -0.2) is 0 Å². The van der Waals surface area contributed by atoms with Crippen molar-refractivity contribution in [1.82, 2.24) is 0 Å². The van der Waals surface area contributed by atoms with Crippen molar-refractivity contribution in [2.24, 2.45) is 0 Å². The highest BCUT2D eigenvalue weighted by molar-refractivity contribution is 7.84. The molecule has 0 bridgehead atoms. The van der Waals surface area contributed by atoms with Crippen molar-refractivity contribution in [3.8, 4) is 0 Å². The third-order valence-electron chi connectivity index (χ3n) is 1.69. The first-order valence-corrected chi connectivity index (χ1v) is 5.37. The van der Waals surface area contributed by atoms with Crippen LogP contribution in [0, 0.1) is 0 Å². The van der Waals surface area contributed by atoms with Gasteiger partial charge in [0.25, 0.3) is 0 Å². The monoisotopic (exact) mass is 188 g/mol. The fourth-order valence-corrected chi connectivity index (χ4v) is 1.82. The lowest BCUT2D eigenvalue weighted by Gasteiger charge is -2.20. The topological polar surface area (TPSA) is 57.5 Å². The second kappa shape index (κ2) is 3.98. The fraction of sp³-hybridized carbons (Fsp3) is 0.500. The van der Waals surface area contributed by atoms with Gasteiger partial charge in [0.15, 0.2) is 0 Å². The molecule has 0 saturated heterocycles. The van der Waals surface area contributed by atoms with Gasteiger partial charge in [-0.2, -0.15) is 0 Å². The Morgan fingerprint density at radius 2 is 2.25 bits per heavy atom. The third-order valence-corrected chi connectivity index (χ3v) is 2.43. The zero-order valence-electron chi connectivity index (χ0n) is 6.80. The molecule has 2 N–H and O–H groups in total. The Morgan fingerprint density at radius 3 is 2.83 bits per heavy atom. The average Bonchev–Trinajstić information content (AvgIpc) is 1.98. The molecule has 1 rings (SSSR count). The molecule has 4 heteroatoms. The van der Waals surface area contributed by atoms with Crippen molar-refractivity contribution >= 4 is 10.8 Å². The Balaban J connectivity index is 2.69. The first-order chi connectivity index (χ1) is 5.61. The van der Waals surface area contributed by atoms with Crippen LogP contribution in [-0.2, 0) is 10.8 Å². The summed E-state index contributed by atoms with van der Waals surface area (Å²) in [4.78, 5) is 0. The molecule has 0 aromatic carbocycles. The van der Waals surface area contributed by atoms with Crippen LogP contribution in [0.25, 0.3) is 0 Å². The Bertz CT molecular complexity index is 245. The fourth-order valence-electron chi connectivity index (χ4n) is 1.08. The molecule has 0 aliphatic heterocycles. The first kappa shape index (κ1) is 9.64. The molecule has 0 radical (unpaired) electrons. The van der Waals surface area contributed by atoms with E-state index in [1.807, 2.05) is 0 Å². The van der Waals surface area contributed by atoms with Crippen molar-refractivity contribution in [2.45, 2.75) is 12.2 Å². The van der Waals surface area contributed by atoms with Gasteiger partial charge >= 0.3 is 0 Å². The normalized spacial score (nSPS) is 31.4.